The van der Waals surface area contributed by atoms with E-state index in [1.807, 2.05) is 0 Å². The Kier molecular flexibility index (Phi) is 4.33. The van der Waals surface area contributed by atoms with Crippen LogP contribution in [-0.4, -0.2) is 39.8 Å². The third-order valence-corrected chi connectivity index (χ3v) is 5.35. The van der Waals surface area contributed by atoms with Gasteiger partial charge in [0.05, 0.1) is 33.5 Å². The molecule has 8 nitrogen and oxygen atoms in total. The number of nitrogens with zero attached hydrogens (tertiary/aromatic N) is 3. The molecule has 5 rings (SSSR count). The van der Waals surface area contributed by atoms with Crippen LogP contribution in [0.15, 0.2) is 53.1 Å². The number of hydrogen-bond acceptors (Lipinski definition) is 6. The number of carbonyl (C=O) groups is 3. The molecule has 9 heteroatoms. The second-order valence-corrected chi connectivity index (χ2v) is 7.39. The maximum Gasteiger partial charge on any atom is 0.261 e. The lowest BCUT2D eigenvalue weighted by atomic mass is 10.0. The highest BCUT2D eigenvalue weighted by Gasteiger charge is 2.33. The number of halogens is 1. The molecule has 3 amide bonds. The molecule has 0 fully saturated rings. The standard InChI is InChI=1S/C23H15FN4O4/c1-11-19-17(10-18(26-21(19)32-27-11)12-3-5-13(24)6-4-12)20(29)25-14-7-8-15-16(9-14)23(31)28(2)22(15)30/h3-10H,1-2H3,(H,25,29). The van der Waals surface area contributed by atoms with Gasteiger partial charge in [0.15, 0.2) is 0 Å². The SMILES string of the molecule is Cc1noc2nc(-c3ccc(F)cc3)cc(C(=O)Nc3ccc4c(c3)C(=O)N(C)C4=O)c12. The number of carbonyl (C=O) groups excluding carboxylic acids is 3. The first-order valence-corrected chi connectivity index (χ1v) is 9.64. The molecule has 0 radical (unpaired) electrons. The van der Waals surface area contributed by atoms with Crippen LogP contribution in [0, 0.1) is 12.7 Å². The fourth-order valence-corrected chi connectivity index (χ4v) is 3.68. The third kappa shape index (κ3) is 3.02. The highest BCUT2D eigenvalue weighted by atomic mass is 19.1. The summed E-state index contributed by atoms with van der Waals surface area (Å²) in [5, 5.41) is 7.11. The quantitative estimate of drug-likeness (QED) is 0.496. The summed E-state index contributed by atoms with van der Waals surface area (Å²) < 4.78 is 18.6. The molecule has 0 saturated heterocycles. The van der Waals surface area contributed by atoms with Gasteiger partial charge in [-0.15, -0.1) is 0 Å². The zero-order chi connectivity index (χ0) is 22.6. The highest BCUT2D eigenvalue weighted by molar-refractivity contribution is 6.22. The average molecular weight is 430 g/mol. The van der Waals surface area contributed by atoms with Gasteiger partial charge in [-0.2, -0.15) is 0 Å². The minimum absolute atomic E-state index is 0.172. The second-order valence-electron chi connectivity index (χ2n) is 7.39. The number of anilines is 1. The summed E-state index contributed by atoms with van der Waals surface area (Å²) in [6.45, 7) is 1.69. The number of pyridine rings is 1. The molecule has 1 aliphatic rings. The molecule has 4 aromatic rings. The van der Waals surface area contributed by atoms with Crippen molar-refractivity contribution in [1.29, 1.82) is 0 Å². The molecule has 0 atom stereocenters. The van der Waals surface area contributed by atoms with Crippen LogP contribution in [0.4, 0.5) is 10.1 Å². The monoisotopic (exact) mass is 430 g/mol. The van der Waals surface area contributed by atoms with E-state index in [9.17, 15) is 18.8 Å². The number of hydrogen-bond donors (Lipinski definition) is 1. The minimum atomic E-state index is -0.475. The van der Waals surface area contributed by atoms with E-state index in [-0.39, 0.29) is 28.3 Å². The molecule has 2 aromatic heterocycles. The van der Waals surface area contributed by atoms with E-state index >= 15 is 0 Å². The van der Waals surface area contributed by atoms with Crippen molar-refractivity contribution >= 4 is 34.5 Å². The van der Waals surface area contributed by atoms with Gasteiger partial charge in [-0.25, -0.2) is 9.37 Å². The number of imide groups is 1. The highest BCUT2D eigenvalue weighted by Crippen LogP contribution is 2.29. The van der Waals surface area contributed by atoms with E-state index in [0.29, 0.717) is 28.0 Å². The van der Waals surface area contributed by atoms with Gasteiger partial charge >= 0.3 is 0 Å². The van der Waals surface area contributed by atoms with E-state index in [1.165, 1.54) is 31.3 Å². The van der Waals surface area contributed by atoms with Crippen LogP contribution in [0.25, 0.3) is 22.4 Å². The number of aryl methyl sites for hydroxylation is 1. The van der Waals surface area contributed by atoms with Crippen molar-refractivity contribution in [2.24, 2.45) is 0 Å². The molecule has 0 saturated carbocycles. The molecule has 0 aliphatic carbocycles. The normalized spacial score (nSPS) is 13.0. The summed E-state index contributed by atoms with van der Waals surface area (Å²) in [5.74, 6) is -1.68. The lowest BCUT2D eigenvalue weighted by molar-refractivity contribution is 0.0692. The van der Waals surface area contributed by atoms with Crippen molar-refractivity contribution in [3.8, 4) is 11.3 Å². The molecular formula is C23H15FN4O4. The number of amides is 3. The van der Waals surface area contributed by atoms with Gasteiger partial charge in [-0.05, 0) is 55.5 Å². The number of nitrogens with one attached hydrogen (secondary N) is 1. The van der Waals surface area contributed by atoms with Crippen molar-refractivity contribution in [3.63, 3.8) is 0 Å². The third-order valence-electron chi connectivity index (χ3n) is 5.35. The molecule has 0 spiro atoms. The maximum absolute atomic E-state index is 13.3. The number of fused-ring (bicyclic) bond motifs is 2. The second kappa shape index (κ2) is 7.09. The molecule has 0 unspecified atom stereocenters. The zero-order valence-corrected chi connectivity index (χ0v) is 17.0. The molecular weight excluding hydrogens is 415 g/mol. The van der Waals surface area contributed by atoms with Gasteiger partial charge in [0, 0.05) is 18.3 Å². The lowest BCUT2D eigenvalue weighted by Gasteiger charge is -2.09. The predicted octanol–water partition coefficient (Wildman–Crippen LogP) is 3.82. The summed E-state index contributed by atoms with van der Waals surface area (Å²) in [7, 11) is 1.41. The van der Waals surface area contributed by atoms with Gasteiger partial charge in [0.2, 0.25) is 0 Å². The summed E-state index contributed by atoms with van der Waals surface area (Å²) in [4.78, 5) is 43.0. The Morgan fingerprint density at radius 3 is 2.50 bits per heavy atom. The van der Waals surface area contributed by atoms with Crippen molar-refractivity contribution in [2.75, 3.05) is 12.4 Å². The molecule has 158 valence electrons. The largest absolute Gasteiger partial charge is 0.335 e. The molecule has 2 aromatic carbocycles. The van der Waals surface area contributed by atoms with Crippen molar-refractivity contribution < 1.29 is 23.3 Å². The summed E-state index contributed by atoms with van der Waals surface area (Å²) in [5.41, 5.74) is 2.79. The first-order chi connectivity index (χ1) is 15.3. The Labute approximate surface area is 180 Å². The number of aromatic nitrogens is 2. The Bertz CT molecular complexity index is 1440. The van der Waals surface area contributed by atoms with E-state index in [1.54, 1.807) is 31.2 Å². The fraction of sp³-hybridized carbons (Fsp3) is 0.0870. The van der Waals surface area contributed by atoms with Crippen molar-refractivity contribution in [1.82, 2.24) is 15.0 Å². The van der Waals surface area contributed by atoms with E-state index in [4.69, 9.17) is 4.52 Å². The zero-order valence-electron chi connectivity index (χ0n) is 17.0. The van der Waals surface area contributed by atoms with Gasteiger partial charge in [-0.3, -0.25) is 19.3 Å². The number of benzene rings is 2. The van der Waals surface area contributed by atoms with Gasteiger partial charge in [-0.1, -0.05) is 5.16 Å². The van der Waals surface area contributed by atoms with Crippen LogP contribution in [0.2, 0.25) is 0 Å². The average Bonchev–Trinajstić information content (AvgIpc) is 3.27. The van der Waals surface area contributed by atoms with Crippen LogP contribution in [0.5, 0.6) is 0 Å². The minimum Gasteiger partial charge on any atom is -0.335 e. The van der Waals surface area contributed by atoms with Crippen LogP contribution in [0.1, 0.15) is 36.8 Å². The van der Waals surface area contributed by atoms with Gasteiger partial charge < -0.3 is 9.84 Å². The van der Waals surface area contributed by atoms with E-state index < -0.39 is 17.6 Å². The molecule has 32 heavy (non-hydrogen) atoms. The Balaban J connectivity index is 1.55. The first kappa shape index (κ1) is 19.6. The first-order valence-electron chi connectivity index (χ1n) is 9.64. The molecule has 0 bridgehead atoms. The molecule has 3 heterocycles. The van der Waals surface area contributed by atoms with Crippen LogP contribution in [0.3, 0.4) is 0 Å². The number of rotatable bonds is 3. The van der Waals surface area contributed by atoms with Gasteiger partial charge in [0.1, 0.15) is 5.82 Å². The summed E-state index contributed by atoms with van der Waals surface area (Å²) in [6, 6.07) is 11.8. The Morgan fingerprint density at radius 2 is 1.75 bits per heavy atom. The van der Waals surface area contributed by atoms with Gasteiger partial charge in [0.25, 0.3) is 23.4 Å². The van der Waals surface area contributed by atoms with Crippen LogP contribution < -0.4 is 5.32 Å². The Morgan fingerprint density at radius 1 is 1.03 bits per heavy atom. The smallest absolute Gasteiger partial charge is 0.261 e. The predicted molar refractivity (Wildman–Crippen MR) is 113 cm³/mol. The van der Waals surface area contributed by atoms with Crippen molar-refractivity contribution in [2.45, 2.75) is 6.92 Å². The van der Waals surface area contributed by atoms with Crippen molar-refractivity contribution in [3.05, 3.63) is 76.7 Å². The maximum atomic E-state index is 13.3. The van der Waals surface area contributed by atoms with E-state index in [0.717, 1.165) is 4.90 Å². The topological polar surface area (TPSA) is 105 Å². The molecule has 1 aliphatic heterocycles. The van der Waals surface area contributed by atoms with Crippen LogP contribution in [-0.2, 0) is 0 Å². The summed E-state index contributed by atoms with van der Waals surface area (Å²) >= 11 is 0. The Hall–Kier alpha value is -4.40. The fourth-order valence-electron chi connectivity index (χ4n) is 3.68. The van der Waals surface area contributed by atoms with Crippen LogP contribution >= 0.6 is 0 Å². The summed E-state index contributed by atoms with van der Waals surface area (Å²) in [6.07, 6.45) is 0. The lowest BCUT2D eigenvalue weighted by Crippen LogP contribution is -2.24. The molecule has 1 N–H and O–H groups in total. The van der Waals surface area contributed by atoms with E-state index in [2.05, 4.69) is 15.5 Å².